The summed E-state index contributed by atoms with van der Waals surface area (Å²) < 4.78 is 0. The second-order valence-corrected chi connectivity index (χ2v) is 4.90. The van der Waals surface area contributed by atoms with Crippen molar-refractivity contribution in [3.8, 4) is 0 Å². The molecule has 0 aliphatic carbocycles. The van der Waals surface area contributed by atoms with E-state index in [-0.39, 0.29) is 17.6 Å². The fourth-order valence-corrected chi connectivity index (χ4v) is 3.34. The molecule has 1 aromatic rings. The highest BCUT2D eigenvalue weighted by Crippen LogP contribution is 2.43. The number of fused-ring (bicyclic) bond motifs is 3. The molecule has 1 saturated heterocycles. The third-order valence-electron chi connectivity index (χ3n) is 2.94. The van der Waals surface area contributed by atoms with Gasteiger partial charge in [0.1, 0.15) is 11.7 Å². The maximum absolute atomic E-state index is 11.8. The average molecular weight is 251 g/mol. The van der Waals surface area contributed by atoms with E-state index in [1.54, 1.807) is 23.9 Å². The Balaban J connectivity index is 2.19. The van der Waals surface area contributed by atoms with Gasteiger partial charge in [0.25, 0.3) is 5.69 Å². The van der Waals surface area contributed by atoms with Crippen LogP contribution in [0.4, 0.5) is 17.1 Å². The first-order valence-electron chi connectivity index (χ1n) is 5.11. The molecule has 0 aromatic heterocycles. The molecule has 0 bridgehead atoms. The van der Waals surface area contributed by atoms with E-state index in [9.17, 15) is 14.9 Å². The van der Waals surface area contributed by atoms with Crippen molar-refractivity contribution in [2.75, 3.05) is 21.8 Å². The van der Waals surface area contributed by atoms with Gasteiger partial charge in [0.2, 0.25) is 5.91 Å². The Morgan fingerprint density at radius 3 is 3.12 bits per heavy atom. The van der Waals surface area contributed by atoms with E-state index in [4.69, 9.17) is 0 Å². The number of para-hydroxylation sites is 1. The highest BCUT2D eigenvalue weighted by molar-refractivity contribution is 7.99. The number of hydrogen-bond donors (Lipinski definition) is 1. The Kier molecular flexibility index (Phi) is 2.22. The summed E-state index contributed by atoms with van der Waals surface area (Å²) in [6.45, 7) is 0. The van der Waals surface area contributed by atoms with Gasteiger partial charge >= 0.3 is 0 Å². The van der Waals surface area contributed by atoms with Gasteiger partial charge in [-0.1, -0.05) is 6.07 Å². The van der Waals surface area contributed by atoms with Gasteiger partial charge in [-0.05, 0) is 6.07 Å². The van der Waals surface area contributed by atoms with Crippen LogP contribution >= 0.6 is 11.8 Å². The zero-order valence-corrected chi connectivity index (χ0v) is 9.57. The number of anilines is 2. The average Bonchev–Trinajstić information content (AvgIpc) is 2.77. The Labute approximate surface area is 101 Å². The molecule has 6 nitrogen and oxygen atoms in total. The highest BCUT2D eigenvalue weighted by Gasteiger charge is 2.40. The Morgan fingerprint density at radius 1 is 1.53 bits per heavy atom. The summed E-state index contributed by atoms with van der Waals surface area (Å²) in [7, 11) is 0. The lowest BCUT2D eigenvalue weighted by Gasteiger charge is -2.31. The van der Waals surface area contributed by atoms with Crippen molar-refractivity contribution in [1.82, 2.24) is 0 Å². The largest absolute Gasteiger partial charge is 0.342 e. The zero-order valence-electron chi connectivity index (χ0n) is 8.75. The fourth-order valence-electron chi connectivity index (χ4n) is 2.18. The molecule has 3 rings (SSSR count). The van der Waals surface area contributed by atoms with Crippen LogP contribution < -0.4 is 10.2 Å². The van der Waals surface area contributed by atoms with Crippen molar-refractivity contribution in [3.05, 3.63) is 28.3 Å². The molecule has 7 heteroatoms. The van der Waals surface area contributed by atoms with Crippen molar-refractivity contribution in [2.45, 2.75) is 6.04 Å². The van der Waals surface area contributed by atoms with Crippen LogP contribution in [-0.2, 0) is 4.79 Å². The maximum Gasteiger partial charge on any atom is 0.294 e. The summed E-state index contributed by atoms with van der Waals surface area (Å²) in [4.78, 5) is 24.2. The van der Waals surface area contributed by atoms with E-state index in [2.05, 4.69) is 5.32 Å². The second-order valence-electron chi connectivity index (χ2n) is 3.91. The molecule has 1 unspecified atom stereocenters. The molecule has 2 aliphatic heterocycles. The molecule has 88 valence electrons. The molecule has 17 heavy (non-hydrogen) atoms. The van der Waals surface area contributed by atoms with Crippen molar-refractivity contribution in [3.63, 3.8) is 0 Å². The fraction of sp³-hybridized carbons (Fsp3) is 0.300. The number of nitro benzene ring substituents is 1. The number of carbonyl (C=O) groups excluding carboxylic acids is 1. The first-order chi connectivity index (χ1) is 8.18. The minimum atomic E-state index is -0.406. The van der Waals surface area contributed by atoms with Crippen LogP contribution in [0.2, 0.25) is 0 Å². The predicted molar refractivity (Wildman–Crippen MR) is 65.3 cm³/mol. The normalized spacial score (nSPS) is 21.8. The Bertz CT molecular complexity index is 520. The monoisotopic (exact) mass is 251 g/mol. The van der Waals surface area contributed by atoms with E-state index in [1.165, 1.54) is 6.07 Å². The lowest BCUT2D eigenvalue weighted by molar-refractivity contribution is -0.384. The van der Waals surface area contributed by atoms with E-state index in [0.717, 1.165) is 0 Å². The molecule has 1 N–H and O–H groups in total. The molecule has 0 spiro atoms. The molecule has 0 saturated carbocycles. The number of benzene rings is 1. The summed E-state index contributed by atoms with van der Waals surface area (Å²) in [6.07, 6.45) is 0. The van der Waals surface area contributed by atoms with Crippen LogP contribution in [0.5, 0.6) is 0 Å². The topological polar surface area (TPSA) is 75.5 Å². The second kappa shape index (κ2) is 3.63. The molecule has 1 amide bonds. The third kappa shape index (κ3) is 1.46. The minimum absolute atomic E-state index is 0.0509. The van der Waals surface area contributed by atoms with Crippen LogP contribution in [-0.4, -0.2) is 28.5 Å². The highest BCUT2D eigenvalue weighted by atomic mass is 32.2. The van der Waals surface area contributed by atoms with Crippen LogP contribution in [0, 0.1) is 10.1 Å². The summed E-state index contributed by atoms with van der Waals surface area (Å²) >= 11 is 1.61. The summed E-state index contributed by atoms with van der Waals surface area (Å²) in [5.41, 5.74) is 1.12. The molecule has 1 fully saturated rings. The predicted octanol–water partition coefficient (Wildman–Crippen LogP) is 1.43. The smallest absolute Gasteiger partial charge is 0.294 e. The van der Waals surface area contributed by atoms with Crippen molar-refractivity contribution in [2.24, 2.45) is 0 Å². The third-order valence-corrected chi connectivity index (χ3v) is 3.95. The Hall–Kier alpha value is -1.76. The van der Waals surface area contributed by atoms with Gasteiger partial charge in [0.05, 0.1) is 16.5 Å². The molecule has 2 heterocycles. The number of nitrogens with one attached hydrogen (secondary N) is 1. The van der Waals surface area contributed by atoms with Crippen molar-refractivity contribution >= 4 is 34.7 Å². The van der Waals surface area contributed by atoms with Gasteiger partial charge in [0.15, 0.2) is 0 Å². The molecular weight excluding hydrogens is 242 g/mol. The van der Waals surface area contributed by atoms with Crippen LogP contribution in [0.15, 0.2) is 18.2 Å². The number of carbonyl (C=O) groups is 1. The summed E-state index contributed by atoms with van der Waals surface area (Å²) in [6, 6.07) is 4.46. The zero-order chi connectivity index (χ0) is 12.0. The molecular formula is C10H9N3O3S. The first-order valence-corrected chi connectivity index (χ1v) is 6.26. The lowest BCUT2D eigenvalue weighted by atomic mass is 10.1. The van der Waals surface area contributed by atoms with E-state index in [0.29, 0.717) is 23.0 Å². The number of nitrogens with zero attached hydrogens (tertiary/aromatic N) is 2. The number of rotatable bonds is 1. The first kappa shape index (κ1) is 10.4. The van der Waals surface area contributed by atoms with E-state index < -0.39 is 4.92 Å². The van der Waals surface area contributed by atoms with Gasteiger partial charge in [-0.2, -0.15) is 0 Å². The number of thioether (sulfide) groups is 1. The molecule has 0 radical (unpaired) electrons. The standard InChI is InChI=1S/C10H9N3O3S/c14-10-8-4-17-5-12(8)9-6(11-10)2-1-3-7(9)13(15)16/h1-3,8H,4-5H2,(H,11,14). The molecule has 1 aromatic carbocycles. The number of amides is 1. The van der Waals surface area contributed by atoms with E-state index >= 15 is 0 Å². The minimum Gasteiger partial charge on any atom is -0.342 e. The van der Waals surface area contributed by atoms with Gasteiger partial charge in [-0.15, -0.1) is 11.8 Å². The lowest BCUT2D eigenvalue weighted by Crippen LogP contribution is -2.45. The quantitative estimate of drug-likeness (QED) is 0.603. The number of nitro groups is 1. The maximum atomic E-state index is 11.8. The van der Waals surface area contributed by atoms with Gasteiger partial charge in [0, 0.05) is 11.8 Å². The summed E-state index contributed by atoms with van der Waals surface area (Å²) in [5, 5.41) is 13.7. The van der Waals surface area contributed by atoms with Gasteiger partial charge < -0.3 is 10.2 Å². The summed E-state index contributed by atoms with van der Waals surface area (Å²) in [5.74, 6) is 1.22. The molecule has 2 aliphatic rings. The van der Waals surface area contributed by atoms with Crippen LogP contribution in [0.1, 0.15) is 0 Å². The van der Waals surface area contributed by atoms with Crippen LogP contribution in [0.25, 0.3) is 0 Å². The van der Waals surface area contributed by atoms with E-state index in [1.807, 2.05) is 4.90 Å². The van der Waals surface area contributed by atoms with Gasteiger partial charge in [-0.25, -0.2) is 0 Å². The van der Waals surface area contributed by atoms with Crippen molar-refractivity contribution in [1.29, 1.82) is 0 Å². The SMILES string of the molecule is O=C1Nc2cccc([N+](=O)[O-])c2N2CSCC12. The molecule has 1 atom stereocenters. The van der Waals surface area contributed by atoms with Crippen molar-refractivity contribution < 1.29 is 9.72 Å². The van der Waals surface area contributed by atoms with Crippen LogP contribution in [0.3, 0.4) is 0 Å². The Morgan fingerprint density at radius 2 is 2.35 bits per heavy atom. The van der Waals surface area contributed by atoms with Gasteiger partial charge in [-0.3, -0.25) is 14.9 Å². The number of hydrogen-bond acceptors (Lipinski definition) is 5.